The summed E-state index contributed by atoms with van der Waals surface area (Å²) in [5.74, 6) is -0.0563. The average Bonchev–Trinajstić information content (AvgIpc) is 2.62. The van der Waals surface area contributed by atoms with E-state index >= 15 is 0 Å². The number of aryl methyl sites for hydroxylation is 1. The number of rotatable bonds is 4. The van der Waals surface area contributed by atoms with Gasteiger partial charge in [-0.05, 0) is 20.8 Å². The summed E-state index contributed by atoms with van der Waals surface area (Å²) in [5.41, 5.74) is 0.0146. The van der Waals surface area contributed by atoms with Crippen molar-refractivity contribution in [3.63, 3.8) is 0 Å². The van der Waals surface area contributed by atoms with Gasteiger partial charge in [0, 0.05) is 26.2 Å². The molecule has 100 valence electrons. The van der Waals surface area contributed by atoms with E-state index in [1.807, 2.05) is 0 Å². The number of hydrogen-bond acceptors (Lipinski definition) is 4. The molecule has 0 saturated heterocycles. The van der Waals surface area contributed by atoms with Crippen LogP contribution in [0.5, 0.6) is 0 Å². The molecule has 0 saturated carbocycles. The highest BCUT2D eigenvalue weighted by atomic mass is 16.6. The van der Waals surface area contributed by atoms with Crippen molar-refractivity contribution < 1.29 is 14.3 Å². The summed E-state index contributed by atoms with van der Waals surface area (Å²) < 4.78 is 6.62. The van der Waals surface area contributed by atoms with E-state index in [9.17, 15) is 9.59 Å². The van der Waals surface area contributed by atoms with Crippen LogP contribution in [0.15, 0.2) is 12.4 Å². The van der Waals surface area contributed by atoms with Crippen molar-refractivity contribution in [2.24, 2.45) is 7.05 Å². The zero-order chi connectivity index (χ0) is 13.8. The number of ketones is 1. The molecule has 1 amide bonds. The van der Waals surface area contributed by atoms with Crippen molar-refractivity contribution in [2.75, 3.05) is 6.54 Å². The van der Waals surface area contributed by atoms with Gasteiger partial charge in [-0.15, -0.1) is 0 Å². The van der Waals surface area contributed by atoms with E-state index < -0.39 is 11.7 Å². The van der Waals surface area contributed by atoms with Gasteiger partial charge in [0.05, 0.1) is 11.8 Å². The van der Waals surface area contributed by atoms with Crippen LogP contribution in [-0.4, -0.2) is 33.8 Å². The van der Waals surface area contributed by atoms with E-state index in [0.717, 1.165) is 0 Å². The average molecular weight is 253 g/mol. The third kappa shape index (κ3) is 4.99. The second-order valence-corrected chi connectivity index (χ2v) is 5.00. The first-order valence-corrected chi connectivity index (χ1v) is 5.76. The molecule has 0 aliphatic carbocycles. The van der Waals surface area contributed by atoms with Gasteiger partial charge in [0.1, 0.15) is 5.60 Å². The normalized spacial score (nSPS) is 11.1. The largest absolute Gasteiger partial charge is 0.444 e. The molecule has 18 heavy (non-hydrogen) atoms. The number of nitrogens with one attached hydrogen (secondary N) is 1. The molecule has 0 unspecified atom stereocenters. The van der Waals surface area contributed by atoms with Gasteiger partial charge in [-0.25, -0.2) is 4.79 Å². The minimum absolute atomic E-state index is 0.0563. The minimum Gasteiger partial charge on any atom is -0.444 e. The maximum atomic E-state index is 11.7. The van der Waals surface area contributed by atoms with Gasteiger partial charge in [0.2, 0.25) is 0 Å². The summed E-state index contributed by atoms with van der Waals surface area (Å²) in [6.45, 7) is 5.61. The number of aromatic nitrogens is 2. The lowest BCUT2D eigenvalue weighted by Gasteiger charge is -2.19. The van der Waals surface area contributed by atoms with Gasteiger partial charge < -0.3 is 10.1 Å². The van der Waals surface area contributed by atoms with Crippen molar-refractivity contribution in [2.45, 2.75) is 32.8 Å². The first-order chi connectivity index (χ1) is 8.28. The van der Waals surface area contributed by atoms with Crippen molar-refractivity contribution in [3.05, 3.63) is 18.0 Å². The van der Waals surface area contributed by atoms with E-state index in [1.54, 1.807) is 38.7 Å². The molecule has 1 aromatic heterocycles. The number of alkyl carbamates (subject to hydrolysis) is 1. The second kappa shape index (κ2) is 5.66. The molecule has 0 aliphatic heterocycles. The molecule has 1 N–H and O–H groups in total. The molecule has 0 spiro atoms. The predicted molar refractivity (Wildman–Crippen MR) is 66.4 cm³/mol. The van der Waals surface area contributed by atoms with Crippen LogP contribution in [0.3, 0.4) is 0 Å². The highest BCUT2D eigenvalue weighted by Gasteiger charge is 2.16. The van der Waals surface area contributed by atoms with Gasteiger partial charge in [-0.3, -0.25) is 9.48 Å². The summed E-state index contributed by atoms with van der Waals surface area (Å²) in [7, 11) is 1.75. The van der Waals surface area contributed by atoms with Crippen LogP contribution in [-0.2, 0) is 11.8 Å². The lowest BCUT2D eigenvalue weighted by Crippen LogP contribution is -2.33. The Balaban J connectivity index is 2.30. The van der Waals surface area contributed by atoms with Gasteiger partial charge in [0.15, 0.2) is 5.78 Å². The molecular weight excluding hydrogens is 234 g/mol. The number of Topliss-reactive ketones (excluding diaryl/α,β-unsaturated/α-hetero) is 1. The Morgan fingerprint density at radius 3 is 2.61 bits per heavy atom. The highest BCUT2D eigenvalue weighted by molar-refractivity contribution is 5.95. The Kier molecular flexibility index (Phi) is 4.47. The second-order valence-electron chi connectivity index (χ2n) is 5.00. The Morgan fingerprint density at radius 2 is 2.11 bits per heavy atom. The Bertz CT molecular complexity index is 432. The zero-order valence-corrected chi connectivity index (χ0v) is 11.2. The monoisotopic (exact) mass is 253 g/mol. The fraction of sp³-hybridized carbons (Fsp3) is 0.583. The quantitative estimate of drug-likeness (QED) is 0.826. The number of carbonyl (C=O) groups excluding carboxylic acids is 2. The Labute approximate surface area is 106 Å². The van der Waals surface area contributed by atoms with E-state index in [2.05, 4.69) is 10.4 Å². The molecule has 6 heteroatoms. The fourth-order valence-corrected chi connectivity index (χ4v) is 1.30. The van der Waals surface area contributed by atoms with Gasteiger partial charge in [-0.2, -0.15) is 5.10 Å². The van der Waals surface area contributed by atoms with Crippen LogP contribution in [0.4, 0.5) is 4.79 Å². The lowest BCUT2D eigenvalue weighted by atomic mass is 10.2. The molecule has 1 heterocycles. The van der Waals surface area contributed by atoms with Crippen LogP contribution >= 0.6 is 0 Å². The molecule has 1 rings (SSSR count). The number of amides is 1. The van der Waals surface area contributed by atoms with Crippen LogP contribution in [0.1, 0.15) is 37.6 Å². The fourth-order valence-electron chi connectivity index (χ4n) is 1.30. The molecule has 6 nitrogen and oxygen atoms in total. The van der Waals surface area contributed by atoms with E-state index in [4.69, 9.17) is 4.74 Å². The van der Waals surface area contributed by atoms with Crippen LogP contribution in [0, 0.1) is 0 Å². The van der Waals surface area contributed by atoms with Gasteiger partial charge >= 0.3 is 6.09 Å². The summed E-state index contributed by atoms with van der Waals surface area (Å²) >= 11 is 0. The summed E-state index contributed by atoms with van der Waals surface area (Å²) in [4.78, 5) is 23.0. The van der Waals surface area contributed by atoms with Crippen molar-refractivity contribution in [1.29, 1.82) is 0 Å². The first kappa shape index (κ1) is 14.2. The number of nitrogens with zero attached hydrogens (tertiary/aromatic N) is 2. The first-order valence-electron chi connectivity index (χ1n) is 5.76. The zero-order valence-electron chi connectivity index (χ0n) is 11.2. The van der Waals surface area contributed by atoms with Crippen LogP contribution < -0.4 is 5.32 Å². The third-order valence-electron chi connectivity index (χ3n) is 2.05. The summed E-state index contributed by atoms with van der Waals surface area (Å²) in [6.07, 6.45) is 2.87. The summed E-state index contributed by atoms with van der Waals surface area (Å²) in [6, 6.07) is 0. The highest BCUT2D eigenvalue weighted by Crippen LogP contribution is 2.06. The Morgan fingerprint density at radius 1 is 1.44 bits per heavy atom. The van der Waals surface area contributed by atoms with E-state index in [-0.39, 0.29) is 18.7 Å². The molecule has 0 fully saturated rings. The van der Waals surface area contributed by atoms with Gasteiger partial charge in [0.25, 0.3) is 0 Å². The van der Waals surface area contributed by atoms with E-state index in [1.165, 1.54) is 6.20 Å². The van der Waals surface area contributed by atoms with Crippen LogP contribution in [0.2, 0.25) is 0 Å². The van der Waals surface area contributed by atoms with Crippen molar-refractivity contribution in [3.8, 4) is 0 Å². The van der Waals surface area contributed by atoms with Crippen molar-refractivity contribution in [1.82, 2.24) is 15.1 Å². The van der Waals surface area contributed by atoms with E-state index in [0.29, 0.717) is 5.56 Å². The van der Waals surface area contributed by atoms with Crippen LogP contribution in [0.25, 0.3) is 0 Å². The lowest BCUT2D eigenvalue weighted by molar-refractivity contribution is 0.0527. The minimum atomic E-state index is -0.530. The molecular formula is C12H19N3O3. The molecule has 0 atom stereocenters. The topological polar surface area (TPSA) is 73.2 Å². The van der Waals surface area contributed by atoms with Gasteiger partial charge in [-0.1, -0.05) is 0 Å². The summed E-state index contributed by atoms with van der Waals surface area (Å²) in [5, 5.41) is 6.45. The number of hydrogen-bond donors (Lipinski definition) is 1. The standard InChI is InChI=1S/C12H19N3O3/c1-12(2,3)18-11(17)13-6-5-10(16)9-7-14-15(4)8-9/h7-8H,5-6H2,1-4H3,(H,13,17). The smallest absolute Gasteiger partial charge is 0.407 e. The molecule has 0 aromatic carbocycles. The maximum absolute atomic E-state index is 11.7. The molecule has 0 aliphatic rings. The maximum Gasteiger partial charge on any atom is 0.407 e. The SMILES string of the molecule is Cn1cc(C(=O)CCNC(=O)OC(C)(C)C)cn1. The molecule has 0 bridgehead atoms. The third-order valence-corrected chi connectivity index (χ3v) is 2.05. The number of ether oxygens (including phenoxy) is 1. The number of carbonyl (C=O) groups is 2. The molecule has 1 aromatic rings. The predicted octanol–water partition coefficient (Wildman–Crippen LogP) is 1.52. The molecule has 0 radical (unpaired) electrons. The van der Waals surface area contributed by atoms with Crippen molar-refractivity contribution >= 4 is 11.9 Å². The Hall–Kier alpha value is -1.85.